The van der Waals surface area contributed by atoms with Crippen LogP contribution in [0.25, 0.3) is 36.9 Å². The molecule has 0 saturated heterocycles. The van der Waals surface area contributed by atoms with Gasteiger partial charge >= 0.3 is 46.6 Å². The van der Waals surface area contributed by atoms with Crippen molar-refractivity contribution in [1.82, 2.24) is 12.3 Å². The van der Waals surface area contributed by atoms with Gasteiger partial charge in [0.05, 0.1) is 0 Å². The third kappa shape index (κ3) is 40.0. The van der Waals surface area contributed by atoms with E-state index in [1.165, 1.54) is 4.91 Å². The van der Waals surface area contributed by atoms with Crippen LogP contribution in [0.5, 0.6) is 0 Å². The molecule has 1 aromatic heterocycles. The van der Waals surface area contributed by atoms with Crippen LogP contribution in [0.2, 0.25) is 0 Å². The Hall–Kier alpha value is -1.95. The molecule has 0 aliphatic carbocycles. The van der Waals surface area contributed by atoms with Crippen molar-refractivity contribution < 1.29 is 50.0 Å². The molecule has 0 spiro atoms. The summed E-state index contributed by atoms with van der Waals surface area (Å²) in [6.45, 7) is 1.72. The second-order valence-corrected chi connectivity index (χ2v) is 9.06. The number of aliphatic hydroxyl groups excluding tert-OH is 2. The number of hydrogen-bond donors (Lipinski definition) is 2. The molecule has 1 heterocycles. The number of aromatic nitrogens is 3. The van der Waals surface area contributed by atoms with Crippen LogP contribution in [0.15, 0.2) is 24.6 Å². The fraction of sp³-hybridized carbons (Fsp3) is 0.810. The van der Waals surface area contributed by atoms with Gasteiger partial charge in [0.15, 0.2) is 0 Å². The number of hydrogen-bond acceptors (Lipinski definition) is 8. The third-order valence-corrected chi connectivity index (χ3v) is 5.56. The summed E-state index contributed by atoms with van der Waals surface area (Å²) in [4.78, 5) is 48.8. The molecule has 1 aromatic rings. The normalized spacial score (nSPS) is 8.49. The van der Waals surface area contributed by atoms with Gasteiger partial charge in [-0.3, -0.25) is 4.91 Å². The van der Waals surface area contributed by atoms with Gasteiger partial charge in [0.25, 0.3) is 0 Å². The van der Waals surface area contributed by atoms with E-state index >= 15 is 0 Å². The van der Waals surface area contributed by atoms with Crippen molar-refractivity contribution >= 4 is 53.2 Å². The number of carbonyl (C=O) groups is 1. The fourth-order valence-electron chi connectivity index (χ4n) is 2.36. The van der Waals surface area contributed by atoms with Crippen molar-refractivity contribution in [2.75, 3.05) is 32.2 Å². The minimum atomic E-state index is -1.16. The Morgan fingerprint density at radius 1 is 0.644 bits per heavy atom. The number of aldehydes is 1. The molecule has 1 rings (SSSR count). The fourth-order valence-corrected chi connectivity index (χ4v) is 3.12. The number of carbonyl (C=O) groups excluding carboxylic acids is 1. The molecule has 0 aliphatic rings. The molecule has 0 aromatic carbocycles. The quantitative estimate of drug-likeness (QED) is 0.0457. The van der Waals surface area contributed by atoms with Crippen molar-refractivity contribution in [1.29, 1.82) is 0 Å². The van der Waals surface area contributed by atoms with Crippen LogP contribution in [-0.2, 0) is 4.79 Å². The van der Waals surface area contributed by atoms with Gasteiger partial charge in [-0.1, -0.05) is 42.3 Å². The maximum Gasteiger partial charge on any atom is 1.00 e. The molecule has 0 atom stereocenters. The number of nitrogens with zero attached hydrogens (tertiary/aromatic N) is 12. The van der Waals surface area contributed by atoms with Crippen molar-refractivity contribution in [3.63, 3.8) is 0 Å². The predicted octanol–water partition coefficient (Wildman–Crippen LogP) is 1.91. The number of rotatable bonds is 17. The molecule has 24 heteroatoms. The number of unbranched alkanes of at least 4 members (excludes halogenated alkanes) is 9. The largest absolute Gasteiger partial charge is 1.00 e. The van der Waals surface area contributed by atoms with E-state index in [-0.39, 0.29) is 53.9 Å². The Morgan fingerprint density at radius 3 is 1.24 bits per heavy atom. The van der Waals surface area contributed by atoms with E-state index in [2.05, 4.69) is 20.1 Å². The average molecular weight is 736 g/mol. The third-order valence-electron chi connectivity index (χ3n) is 4.42. The van der Waals surface area contributed by atoms with Crippen LogP contribution >= 0.6 is 46.9 Å². The molecule has 0 radical (unpaired) electrons. The Bertz CT molecular complexity index is 1030. The van der Waals surface area contributed by atoms with E-state index in [9.17, 15) is 19.2 Å². The minimum absolute atomic E-state index is 0. The molecular formula is C21H39Cl4N12NaO7. The first kappa shape index (κ1) is 55.5. The van der Waals surface area contributed by atoms with E-state index < -0.39 is 17.1 Å². The van der Waals surface area contributed by atoms with Crippen molar-refractivity contribution in [2.45, 2.75) is 77.0 Å². The SMILES string of the molecule is O.O=c1n(Cl)c(=O)n(Cl)c(=O)n1Cl.OCCCCCCCl.[N-]=[N+]=NCCCCCC=O.[N-]=[N+]=NCCCCCCO.[N-]=[N+]=[N-].[Na+]. The Labute approximate surface area is 301 Å². The summed E-state index contributed by atoms with van der Waals surface area (Å²) in [7, 11) is 0. The van der Waals surface area contributed by atoms with E-state index in [0.29, 0.717) is 26.1 Å². The number of azide groups is 2. The second-order valence-electron chi connectivity index (χ2n) is 7.67. The van der Waals surface area contributed by atoms with E-state index in [4.69, 9.17) is 79.3 Å². The summed E-state index contributed by atoms with van der Waals surface area (Å²) < 4.78 is 0.254. The molecule has 45 heavy (non-hydrogen) atoms. The molecule has 254 valence electrons. The van der Waals surface area contributed by atoms with Crippen molar-refractivity contribution in [2.24, 2.45) is 10.2 Å². The van der Waals surface area contributed by atoms with Crippen molar-refractivity contribution in [3.05, 3.63) is 68.3 Å². The molecule has 4 N–H and O–H groups in total. The molecule has 0 unspecified atom stereocenters. The van der Waals surface area contributed by atoms with Gasteiger partial charge in [0.2, 0.25) is 0 Å². The van der Waals surface area contributed by atoms with Gasteiger partial charge in [0, 0.05) is 83.8 Å². The number of aliphatic hydroxyl groups is 2. The molecule has 0 saturated carbocycles. The predicted molar refractivity (Wildman–Crippen MR) is 171 cm³/mol. The number of alkyl halides is 1. The summed E-state index contributed by atoms with van der Waals surface area (Å²) >= 11 is 20.7. The summed E-state index contributed by atoms with van der Waals surface area (Å²) in [6, 6.07) is 0. The van der Waals surface area contributed by atoms with Crippen LogP contribution in [0.3, 0.4) is 0 Å². The van der Waals surface area contributed by atoms with Gasteiger partial charge < -0.3 is 31.5 Å². The number of halogens is 4. The Morgan fingerprint density at radius 2 is 0.956 bits per heavy atom. The van der Waals surface area contributed by atoms with Gasteiger partial charge in [-0.05, 0) is 49.6 Å². The monoisotopic (exact) mass is 734 g/mol. The van der Waals surface area contributed by atoms with Gasteiger partial charge in [-0.2, -0.15) is 0 Å². The van der Waals surface area contributed by atoms with Crippen molar-refractivity contribution in [3.8, 4) is 0 Å². The van der Waals surface area contributed by atoms with Crippen LogP contribution < -0.4 is 46.6 Å². The van der Waals surface area contributed by atoms with Gasteiger partial charge in [-0.15, -0.1) is 23.9 Å². The summed E-state index contributed by atoms with van der Waals surface area (Å²) in [6.07, 6.45) is 12.4. The zero-order chi connectivity index (χ0) is 33.7. The summed E-state index contributed by atoms with van der Waals surface area (Å²) in [5.41, 5.74) is 25.8. The minimum Gasteiger partial charge on any atom is -0.412 e. The molecule has 0 aliphatic heterocycles. The second kappa shape index (κ2) is 46.5. The summed E-state index contributed by atoms with van der Waals surface area (Å²) in [5, 5.41) is 23.5. The van der Waals surface area contributed by atoms with Crippen LogP contribution in [0.4, 0.5) is 0 Å². The topological polar surface area (TPSA) is 311 Å². The molecule has 0 fully saturated rings. The first-order valence-electron chi connectivity index (χ1n) is 12.8. The first-order valence-corrected chi connectivity index (χ1v) is 14.4. The molecule has 19 nitrogen and oxygen atoms in total. The molecule has 0 amide bonds. The molecular weight excluding hydrogens is 697 g/mol. The zero-order valence-electron chi connectivity index (χ0n) is 25.0. The van der Waals surface area contributed by atoms with E-state index in [1.54, 1.807) is 0 Å². The summed E-state index contributed by atoms with van der Waals surface area (Å²) in [5.74, 6) is 0.755. The van der Waals surface area contributed by atoms with Gasteiger partial charge in [-0.25, -0.2) is 14.4 Å². The first-order chi connectivity index (χ1) is 20.6. The smallest absolute Gasteiger partial charge is 0.412 e. The maximum absolute atomic E-state index is 10.8. The van der Waals surface area contributed by atoms with Crippen LogP contribution in [0, 0.1) is 0 Å². The average Bonchev–Trinajstić information content (AvgIpc) is 3.01. The Kier molecular flexibility index (Phi) is 57.3. The Balaban J connectivity index is -0.000000109. The van der Waals surface area contributed by atoms with E-state index in [1.807, 2.05) is 0 Å². The van der Waals surface area contributed by atoms with Crippen LogP contribution in [-0.4, -0.2) is 66.4 Å². The van der Waals surface area contributed by atoms with E-state index in [0.717, 1.165) is 82.8 Å². The van der Waals surface area contributed by atoms with Gasteiger partial charge in [0.1, 0.15) is 6.29 Å². The maximum atomic E-state index is 10.8. The zero-order valence-corrected chi connectivity index (χ0v) is 30.0. The standard InChI is InChI=1S/C6H13ClO.C6H13N3O.C6H11N3O.C3Cl3N3O3.N3.Na.H2O/c7-5-3-1-2-4-6-8;2*7-9-8-5-3-1-2-4-6-10;4-7-1(10)8(5)3(12)9(6)2(7)11;1-3-2;;/h8H,1-6H2;10H,1-6H2;6H,1-5H2;;;;1H2/q;;;;-1;+1;. The molecule has 0 bridgehead atoms. The van der Waals surface area contributed by atoms with Crippen LogP contribution in [0.1, 0.15) is 77.0 Å².